The van der Waals surface area contributed by atoms with E-state index in [4.69, 9.17) is 0 Å². The maximum Gasteiger partial charge on any atom is 1.00 e. The molecule has 92 valence electrons. The van der Waals surface area contributed by atoms with Crippen molar-refractivity contribution in [2.45, 2.75) is 11.8 Å². The molecular weight excluding hydrogens is 273 g/mol. The largest absolute Gasteiger partial charge is 1.00 e. The number of β-lactam (4-membered cyclic amide) rings is 1. The maximum absolute atomic E-state index is 11.9. The van der Waals surface area contributed by atoms with Crippen LogP contribution in [0.25, 0.3) is 0 Å². The van der Waals surface area contributed by atoms with Gasteiger partial charge >= 0.3 is 29.6 Å². The number of carbonyl (C=O) groups excluding carboxylic acids is 2. The van der Waals surface area contributed by atoms with Gasteiger partial charge in [0.1, 0.15) is 0 Å². The molecule has 1 saturated heterocycles. The smallest absolute Gasteiger partial charge is 0.543 e. The van der Waals surface area contributed by atoms with Crippen molar-refractivity contribution < 1.29 is 44.3 Å². The predicted molar refractivity (Wildman–Crippen MR) is 65.0 cm³/mol. The summed E-state index contributed by atoms with van der Waals surface area (Å²) in [6.07, 6.45) is 0.655. The number of aliphatic carboxylic acids is 1. The molecule has 1 fully saturated rings. The van der Waals surface area contributed by atoms with E-state index in [0.717, 1.165) is 5.56 Å². The third-order valence-corrected chi connectivity index (χ3v) is 4.42. The van der Waals surface area contributed by atoms with Crippen molar-refractivity contribution >= 4 is 23.6 Å². The van der Waals surface area contributed by atoms with Gasteiger partial charge in [-0.05, 0) is 17.4 Å². The molecule has 1 amide bonds. The summed E-state index contributed by atoms with van der Waals surface area (Å²) in [7, 11) is 0. The van der Waals surface area contributed by atoms with Gasteiger partial charge in [-0.3, -0.25) is 9.69 Å². The molecule has 2 aliphatic heterocycles. The number of carboxylic acid groups (broad SMARTS) is 1. The van der Waals surface area contributed by atoms with Crippen molar-refractivity contribution in [3.8, 4) is 0 Å². The zero-order chi connectivity index (χ0) is 12.7. The van der Waals surface area contributed by atoms with Gasteiger partial charge in [-0.2, -0.15) is 0 Å². The Bertz CT molecular complexity index is 546. The molecule has 1 aromatic carbocycles. The second kappa shape index (κ2) is 5.71. The van der Waals surface area contributed by atoms with Gasteiger partial charge in [-0.15, -0.1) is 11.8 Å². The molecule has 2 heterocycles. The maximum atomic E-state index is 11.9. The van der Waals surface area contributed by atoms with E-state index in [0.29, 0.717) is 6.42 Å². The summed E-state index contributed by atoms with van der Waals surface area (Å²) < 4.78 is 0. The summed E-state index contributed by atoms with van der Waals surface area (Å²) in [5, 5.41) is 12.2. The number of carboxylic acids is 1. The van der Waals surface area contributed by atoms with E-state index in [9.17, 15) is 14.7 Å². The average molecular weight is 283 g/mol. The van der Waals surface area contributed by atoms with E-state index in [1.54, 1.807) is 0 Å². The molecule has 0 spiro atoms. The first-order valence-electron chi connectivity index (χ1n) is 5.62. The minimum atomic E-state index is -1.28. The van der Waals surface area contributed by atoms with E-state index in [1.165, 1.54) is 22.1 Å². The Labute approximate surface area is 137 Å². The van der Waals surface area contributed by atoms with E-state index in [2.05, 4.69) is 0 Å². The summed E-state index contributed by atoms with van der Waals surface area (Å²) >= 11 is 1.38. The number of rotatable bonds is 3. The standard InChI is InChI=1S/C13H11NO3S.Na/c15-11-9(6-8-4-2-1-3-5-8)12-14(11)10(7-18-12)13(16)17;/h1-5,7,9,12H,6H2,(H,16,17);/q;+1/p-1/t9-,12-;/m0./s1. The Kier molecular flexibility index (Phi) is 4.40. The average Bonchev–Trinajstić information content (AvgIpc) is 2.77. The van der Waals surface area contributed by atoms with Gasteiger partial charge in [0, 0.05) is 0 Å². The van der Waals surface area contributed by atoms with Crippen LogP contribution in [0.15, 0.2) is 41.4 Å². The van der Waals surface area contributed by atoms with Gasteiger partial charge in [0.2, 0.25) is 5.91 Å². The first-order chi connectivity index (χ1) is 8.68. The Hall–Kier alpha value is -0.750. The number of thioether (sulfide) groups is 1. The van der Waals surface area contributed by atoms with Gasteiger partial charge in [0.05, 0.1) is 23.0 Å². The van der Waals surface area contributed by atoms with Crippen LogP contribution in [0.4, 0.5) is 0 Å². The number of nitrogens with zero attached hydrogens (tertiary/aromatic N) is 1. The molecule has 3 rings (SSSR count). The van der Waals surface area contributed by atoms with Crippen molar-refractivity contribution in [2.24, 2.45) is 5.92 Å². The molecular formula is C13H10NNaO3S. The van der Waals surface area contributed by atoms with Crippen LogP contribution in [0.2, 0.25) is 0 Å². The van der Waals surface area contributed by atoms with Crippen molar-refractivity contribution in [1.29, 1.82) is 0 Å². The summed E-state index contributed by atoms with van der Waals surface area (Å²) in [4.78, 5) is 24.1. The molecule has 1 aromatic rings. The molecule has 0 unspecified atom stereocenters. The summed E-state index contributed by atoms with van der Waals surface area (Å²) in [5.74, 6) is -1.54. The van der Waals surface area contributed by atoms with Crippen molar-refractivity contribution in [2.75, 3.05) is 0 Å². The van der Waals surface area contributed by atoms with Crippen LogP contribution in [-0.2, 0) is 16.0 Å². The quantitative estimate of drug-likeness (QED) is 0.449. The summed E-state index contributed by atoms with van der Waals surface area (Å²) in [5.41, 5.74) is 1.09. The van der Waals surface area contributed by atoms with Crippen LogP contribution in [-0.4, -0.2) is 22.2 Å². The van der Waals surface area contributed by atoms with Crippen LogP contribution < -0.4 is 34.7 Å². The summed E-state index contributed by atoms with van der Waals surface area (Å²) in [6.45, 7) is 0. The molecule has 2 atom stereocenters. The second-order valence-electron chi connectivity index (χ2n) is 4.32. The zero-order valence-electron chi connectivity index (χ0n) is 10.4. The number of fused-ring (bicyclic) bond motifs is 1. The summed E-state index contributed by atoms with van der Waals surface area (Å²) in [6, 6.07) is 9.75. The van der Waals surface area contributed by atoms with Gasteiger partial charge in [-0.25, -0.2) is 0 Å². The van der Waals surface area contributed by atoms with Crippen molar-refractivity contribution in [3.63, 3.8) is 0 Å². The van der Waals surface area contributed by atoms with Crippen LogP contribution in [0.3, 0.4) is 0 Å². The van der Waals surface area contributed by atoms with Gasteiger partial charge in [0.25, 0.3) is 0 Å². The molecule has 2 aliphatic rings. The molecule has 4 nitrogen and oxygen atoms in total. The van der Waals surface area contributed by atoms with Gasteiger partial charge < -0.3 is 9.90 Å². The molecule has 0 radical (unpaired) electrons. The van der Waals surface area contributed by atoms with Crippen LogP contribution in [0.1, 0.15) is 5.56 Å². The van der Waals surface area contributed by atoms with E-state index >= 15 is 0 Å². The molecule has 6 heteroatoms. The normalized spacial score (nSPS) is 24.1. The topological polar surface area (TPSA) is 60.4 Å². The molecule has 0 N–H and O–H groups in total. The van der Waals surface area contributed by atoms with Gasteiger partial charge in [-0.1, -0.05) is 30.3 Å². The number of carbonyl (C=O) groups is 2. The monoisotopic (exact) mass is 283 g/mol. The van der Waals surface area contributed by atoms with Crippen LogP contribution in [0, 0.1) is 5.92 Å². The minimum absolute atomic E-state index is 0. The zero-order valence-corrected chi connectivity index (χ0v) is 13.2. The van der Waals surface area contributed by atoms with Crippen LogP contribution in [0.5, 0.6) is 0 Å². The van der Waals surface area contributed by atoms with Crippen molar-refractivity contribution in [1.82, 2.24) is 4.90 Å². The van der Waals surface area contributed by atoms with E-state index < -0.39 is 5.97 Å². The Balaban J connectivity index is 0.00000133. The number of benzene rings is 1. The fourth-order valence-electron chi connectivity index (χ4n) is 2.33. The Morgan fingerprint density at radius 2 is 2.00 bits per heavy atom. The third-order valence-electron chi connectivity index (χ3n) is 3.24. The van der Waals surface area contributed by atoms with Crippen molar-refractivity contribution in [3.05, 3.63) is 47.0 Å². The number of amides is 1. The fourth-order valence-corrected chi connectivity index (χ4v) is 3.55. The molecule has 0 bridgehead atoms. The first-order valence-corrected chi connectivity index (χ1v) is 6.57. The SMILES string of the molecule is O=C([O-])C1=CS[C@H]2[C@@H](Cc3ccccc3)C(=O)N12.[Na+]. The van der Waals surface area contributed by atoms with Crippen LogP contribution >= 0.6 is 11.8 Å². The first kappa shape index (κ1) is 14.7. The minimum Gasteiger partial charge on any atom is -0.543 e. The third kappa shape index (κ3) is 2.48. The molecule has 0 aromatic heterocycles. The molecule has 19 heavy (non-hydrogen) atoms. The predicted octanol–water partition coefficient (Wildman–Crippen LogP) is -2.64. The van der Waals surface area contributed by atoms with Gasteiger partial charge in [0.15, 0.2) is 0 Å². The van der Waals surface area contributed by atoms with E-state index in [1.807, 2.05) is 30.3 Å². The number of hydrogen-bond acceptors (Lipinski definition) is 4. The molecule has 0 saturated carbocycles. The Morgan fingerprint density at radius 3 is 2.63 bits per heavy atom. The fraction of sp³-hybridized carbons (Fsp3) is 0.231. The van der Waals surface area contributed by atoms with E-state index in [-0.39, 0.29) is 52.5 Å². The Morgan fingerprint density at radius 1 is 1.32 bits per heavy atom. The number of hydrogen-bond donors (Lipinski definition) is 0. The molecule has 0 aliphatic carbocycles. The second-order valence-corrected chi connectivity index (χ2v) is 5.31.